The number of halogens is 1. The molecule has 5 aromatic rings. The van der Waals surface area contributed by atoms with Crippen molar-refractivity contribution in [2.45, 2.75) is 63.9 Å². The van der Waals surface area contributed by atoms with Crippen molar-refractivity contribution in [3.05, 3.63) is 72.4 Å². The van der Waals surface area contributed by atoms with Gasteiger partial charge in [0.25, 0.3) is 5.88 Å². The quantitative estimate of drug-likeness (QED) is 0.193. The van der Waals surface area contributed by atoms with E-state index >= 15 is 0 Å². The zero-order valence-electron chi connectivity index (χ0n) is 27.2. The SMILES string of the molecule is CC(Cn1cncn1)Oc1cc(-c2cnc(Nc3cn(C4CCC(N5CCOCC5)CC4)nc3OCc3ccnn3C)nc2)ccc1Cl. The van der Waals surface area contributed by atoms with Crippen LogP contribution in [0.15, 0.2) is 61.7 Å². The topological polar surface area (TPSA) is 135 Å². The number of rotatable bonds is 12. The minimum Gasteiger partial charge on any atom is -0.487 e. The molecule has 2 fully saturated rings. The Morgan fingerprint density at radius 3 is 2.54 bits per heavy atom. The number of hydrogen-bond acceptors (Lipinski definition) is 11. The van der Waals surface area contributed by atoms with E-state index in [0.29, 0.717) is 53.5 Å². The maximum Gasteiger partial charge on any atom is 0.257 e. The predicted octanol–water partition coefficient (Wildman–Crippen LogP) is 4.92. The second-order valence-electron chi connectivity index (χ2n) is 12.3. The van der Waals surface area contributed by atoms with E-state index in [1.54, 1.807) is 34.3 Å². The zero-order chi connectivity index (χ0) is 32.9. The van der Waals surface area contributed by atoms with Gasteiger partial charge in [-0.1, -0.05) is 17.7 Å². The first kappa shape index (κ1) is 32.0. The molecule has 1 N–H and O–H groups in total. The fourth-order valence-electron chi connectivity index (χ4n) is 6.35. The fraction of sp³-hybridized carbons (Fsp3) is 0.455. The van der Waals surface area contributed by atoms with Gasteiger partial charge >= 0.3 is 0 Å². The lowest BCUT2D eigenvalue weighted by molar-refractivity contribution is 0.00502. The van der Waals surface area contributed by atoms with Crippen molar-refractivity contribution < 1.29 is 14.2 Å². The number of benzene rings is 1. The zero-order valence-corrected chi connectivity index (χ0v) is 27.9. The summed E-state index contributed by atoms with van der Waals surface area (Å²) in [7, 11) is 1.90. The molecular formula is C33H40ClN11O3. The Kier molecular flexibility index (Phi) is 9.82. The van der Waals surface area contributed by atoms with Crippen LogP contribution >= 0.6 is 11.6 Å². The normalized spacial score (nSPS) is 19.2. The standard InChI is InChI=1S/C33H40ClN11O3/c1-23(18-44-22-35-21-39-44)48-31-15-24(3-8-29(31)34)25-16-36-33(37-17-25)40-30-19-45(41-32(30)47-20-28-9-10-38-42(28)2)27-6-4-26(5-7-27)43-11-13-46-14-12-43/h3,8-10,15-17,19,21-23,26-27H,4-7,11-14,18,20H2,1-2H3,(H,36,37,40). The summed E-state index contributed by atoms with van der Waals surface area (Å²) in [4.78, 5) is 15.8. The first-order chi connectivity index (χ1) is 23.5. The molecule has 1 aromatic carbocycles. The summed E-state index contributed by atoms with van der Waals surface area (Å²) < 4.78 is 23.5. The summed E-state index contributed by atoms with van der Waals surface area (Å²) in [6.07, 6.45) is 14.7. The van der Waals surface area contributed by atoms with Gasteiger partial charge in [0, 0.05) is 50.3 Å². The molecule has 0 spiro atoms. The minimum atomic E-state index is -0.169. The minimum absolute atomic E-state index is 0.169. The molecule has 1 aliphatic carbocycles. The molecule has 1 saturated carbocycles. The first-order valence-electron chi connectivity index (χ1n) is 16.4. The monoisotopic (exact) mass is 673 g/mol. The van der Waals surface area contributed by atoms with E-state index < -0.39 is 0 Å². The van der Waals surface area contributed by atoms with Crippen LogP contribution in [0.5, 0.6) is 11.6 Å². The Labute approximate surface area is 284 Å². The van der Waals surface area contributed by atoms with Crippen molar-refractivity contribution in [2.24, 2.45) is 7.05 Å². The molecule has 1 atom stereocenters. The van der Waals surface area contributed by atoms with Crippen molar-refractivity contribution in [3.63, 3.8) is 0 Å². The van der Waals surface area contributed by atoms with E-state index in [9.17, 15) is 0 Å². The van der Waals surface area contributed by atoms with Crippen LogP contribution in [0.2, 0.25) is 5.02 Å². The van der Waals surface area contributed by atoms with Gasteiger partial charge in [0.1, 0.15) is 36.8 Å². The van der Waals surface area contributed by atoms with Crippen LogP contribution < -0.4 is 14.8 Å². The summed E-state index contributed by atoms with van der Waals surface area (Å²) in [6.45, 7) is 6.54. The number of nitrogens with one attached hydrogen (secondary N) is 1. The maximum atomic E-state index is 6.48. The summed E-state index contributed by atoms with van der Waals surface area (Å²) in [5, 5.41) is 17.2. The highest BCUT2D eigenvalue weighted by molar-refractivity contribution is 6.32. The summed E-state index contributed by atoms with van der Waals surface area (Å²) in [5.41, 5.74) is 3.37. The molecule has 4 aromatic heterocycles. The Morgan fingerprint density at radius 2 is 1.81 bits per heavy atom. The number of nitrogens with zero attached hydrogens (tertiary/aromatic N) is 10. The highest BCUT2D eigenvalue weighted by Crippen LogP contribution is 2.35. The van der Waals surface area contributed by atoms with E-state index in [-0.39, 0.29) is 6.10 Å². The van der Waals surface area contributed by atoms with E-state index in [2.05, 4.69) is 35.4 Å². The van der Waals surface area contributed by atoms with Gasteiger partial charge < -0.3 is 19.5 Å². The van der Waals surface area contributed by atoms with Gasteiger partial charge in [-0.2, -0.15) is 10.2 Å². The molecule has 1 aliphatic heterocycles. The third kappa shape index (κ3) is 7.61. The summed E-state index contributed by atoms with van der Waals surface area (Å²) in [5.74, 6) is 1.51. The molecule has 0 bridgehead atoms. The van der Waals surface area contributed by atoms with Crippen molar-refractivity contribution in [1.82, 2.24) is 49.2 Å². The van der Waals surface area contributed by atoms with Crippen LogP contribution in [0.4, 0.5) is 11.6 Å². The average molecular weight is 674 g/mol. The molecule has 1 saturated heterocycles. The molecule has 7 rings (SSSR count). The van der Waals surface area contributed by atoms with E-state index in [1.807, 2.05) is 49.1 Å². The lowest BCUT2D eigenvalue weighted by Crippen LogP contribution is -2.45. The second kappa shape index (κ2) is 14.7. The maximum absolute atomic E-state index is 6.48. The molecule has 48 heavy (non-hydrogen) atoms. The van der Waals surface area contributed by atoms with Crippen molar-refractivity contribution in [2.75, 3.05) is 31.6 Å². The molecule has 2 aliphatic rings. The average Bonchev–Trinajstić information content (AvgIpc) is 3.88. The molecule has 1 unspecified atom stereocenters. The third-order valence-corrected chi connectivity index (χ3v) is 9.29. The molecule has 252 valence electrons. The lowest BCUT2D eigenvalue weighted by atomic mass is 9.90. The molecule has 15 heteroatoms. The number of aryl methyl sites for hydroxylation is 1. The highest BCUT2D eigenvalue weighted by Gasteiger charge is 2.29. The van der Waals surface area contributed by atoms with Gasteiger partial charge in [0.15, 0.2) is 0 Å². The van der Waals surface area contributed by atoms with Gasteiger partial charge in [-0.05, 0) is 56.4 Å². The lowest BCUT2D eigenvalue weighted by Gasteiger charge is -2.38. The Hall–Kier alpha value is -4.53. The molecule has 5 heterocycles. The van der Waals surface area contributed by atoms with Crippen LogP contribution in [-0.4, -0.2) is 87.6 Å². The van der Waals surface area contributed by atoms with Gasteiger partial charge in [-0.25, -0.2) is 19.6 Å². The molecule has 14 nitrogen and oxygen atoms in total. The van der Waals surface area contributed by atoms with Crippen molar-refractivity contribution in [1.29, 1.82) is 0 Å². The number of aromatic nitrogens is 9. The third-order valence-electron chi connectivity index (χ3n) is 8.98. The van der Waals surface area contributed by atoms with E-state index in [4.69, 9.17) is 30.9 Å². The fourth-order valence-corrected chi connectivity index (χ4v) is 6.51. The number of anilines is 2. The predicted molar refractivity (Wildman–Crippen MR) is 179 cm³/mol. The first-order valence-corrected chi connectivity index (χ1v) is 16.7. The van der Waals surface area contributed by atoms with Crippen LogP contribution in [0.25, 0.3) is 11.1 Å². The van der Waals surface area contributed by atoms with Gasteiger partial charge in [-0.3, -0.25) is 14.3 Å². The molecule has 0 amide bonds. The largest absolute Gasteiger partial charge is 0.487 e. The van der Waals surface area contributed by atoms with Gasteiger partial charge in [0.05, 0.1) is 42.7 Å². The summed E-state index contributed by atoms with van der Waals surface area (Å²) >= 11 is 6.48. The Balaban J connectivity index is 1.04. The van der Waals surface area contributed by atoms with Gasteiger partial charge in [-0.15, -0.1) is 5.10 Å². The van der Waals surface area contributed by atoms with Crippen molar-refractivity contribution >= 4 is 23.2 Å². The second-order valence-corrected chi connectivity index (χ2v) is 12.7. The number of hydrogen-bond donors (Lipinski definition) is 1. The molecular weight excluding hydrogens is 634 g/mol. The van der Waals surface area contributed by atoms with Crippen LogP contribution in [-0.2, 0) is 24.9 Å². The summed E-state index contributed by atoms with van der Waals surface area (Å²) in [6, 6.07) is 8.47. The van der Waals surface area contributed by atoms with Crippen molar-refractivity contribution in [3.8, 4) is 22.8 Å². The number of morpholine rings is 1. The van der Waals surface area contributed by atoms with Crippen LogP contribution in [0.1, 0.15) is 44.3 Å². The molecule has 0 radical (unpaired) electrons. The number of ether oxygens (including phenoxy) is 3. The Bertz CT molecular complexity index is 1760. The highest BCUT2D eigenvalue weighted by atomic mass is 35.5. The van der Waals surface area contributed by atoms with E-state index in [1.165, 1.54) is 6.33 Å². The smallest absolute Gasteiger partial charge is 0.257 e. The Morgan fingerprint density at radius 1 is 1.02 bits per heavy atom. The van der Waals surface area contributed by atoms with E-state index in [0.717, 1.165) is 68.8 Å². The van der Waals surface area contributed by atoms with Gasteiger partial charge in [0.2, 0.25) is 5.95 Å². The van der Waals surface area contributed by atoms with Crippen LogP contribution in [0, 0.1) is 0 Å². The van der Waals surface area contributed by atoms with Crippen LogP contribution in [0.3, 0.4) is 0 Å².